The molecule has 1 saturated carbocycles. The molecule has 0 atom stereocenters. The molecule has 3 heteroatoms. The molecule has 0 amide bonds. The molecule has 0 bridgehead atoms. The van der Waals surface area contributed by atoms with Crippen LogP contribution in [0.25, 0.3) is 6.08 Å². The molecule has 0 unspecified atom stereocenters. The predicted molar refractivity (Wildman–Crippen MR) is 74.0 cm³/mol. The van der Waals surface area contributed by atoms with Crippen LogP contribution in [0.3, 0.4) is 0 Å². The molecule has 19 heavy (non-hydrogen) atoms. The lowest BCUT2D eigenvalue weighted by atomic mass is 10.0. The lowest BCUT2D eigenvalue weighted by Crippen LogP contribution is -2.05. The first-order valence-electron chi connectivity index (χ1n) is 5.90. The number of hydrogen-bond donors (Lipinski definition) is 0. The Morgan fingerprint density at radius 2 is 1.74 bits per heavy atom. The number of hydrogen-bond acceptors (Lipinski definition) is 3. The Hall–Kier alpha value is -1.77. The lowest BCUT2D eigenvalue weighted by molar-refractivity contribution is -0.112. The van der Waals surface area contributed by atoms with Crippen LogP contribution in [-0.4, -0.2) is 20.0 Å². The van der Waals surface area contributed by atoms with Gasteiger partial charge in [-0.05, 0) is 49.5 Å². The van der Waals surface area contributed by atoms with Crippen molar-refractivity contribution in [2.24, 2.45) is 0 Å². The molecule has 0 aliphatic heterocycles. The van der Waals surface area contributed by atoms with Crippen molar-refractivity contribution in [3.63, 3.8) is 0 Å². The van der Waals surface area contributed by atoms with E-state index in [0.717, 1.165) is 5.56 Å². The Morgan fingerprint density at radius 1 is 1.05 bits per heavy atom. The first kappa shape index (κ1) is 13.7. The third-order valence-electron chi connectivity index (χ3n) is 2.78. The van der Waals surface area contributed by atoms with Crippen LogP contribution in [-0.2, 0) is 4.79 Å². The van der Waals surface area contributed by atoms with E-state index < -0.39 is 0 Å². The van der Waals surface area contributed by atoms with Gasteiger partial charge in [0.15, 0.2) is 17.3 Å². The molecule has 0 heterocycles. The molecule has 5 radical (unpaired) electrons. The predicted octanol–water partition coefficient (Wildman–Crippen LogP) is 2.69. The maximum Gasteiger partial charge on any atom is 0.163 e. The summed E-state index contributed by atoms with van der Waals surface area (Å²) in [5.41, 5.74) is 0.887. The smallest absolute Gasteiger partial charge is 0.163 e. The summed E-state index contributed by atoms with van der Waals surface area (Å²) in [5.74, 6) is 1.99. The van der Waals surface area contributed by atoms with Gasteiger partial charge < -0.3 is 9.47 Å². The lowest BCUT2D eigenvalue weighted by Gasteiger charge is -2.07. The van der Waals surface area contributed by atoms with E-state index in [1.165, 1.54) is 0 Å². The van der Waals surface area contributed by atoms with Crippen molar-refractivity contribution in [1.82, 2.24) is 0 Å². The van der Waals surface area contributed by atoms with Crippen LogP contribution < -0.4 is 9.47 Å². The van der Waals surface area contributed by atoms with Gasteiger partial charge in [0.2, 0.25) is 0 Å². The van der Waals surface area contributed by atoms with E-state index in [-0.39, 0.29) is 5.78 Å². The van der Waals surface area contributed by atoms with E-state index in [9.17, 15) is 4.79 Å². The number of methoxy groups -OCH3 is 2. The van der Waals surface area contributed by atoms with Gasteiger partial charge in [-0.2, -0.15) is 0 Å². The maximum atomic E-state index is 11.8. The van der Waals surface area contributed by atoms with Crippen molar-refractivity contribution in [3.05, 3.63) is 61.4 Å². The fraction of sp³-hybridized carbons (Fsp3) is 0.125. The molecule has 2 rings (SSSR count). The molecule has 1 aromatic carbocycles. The average Bonchev–Trinajstić information content (AvgIpc) is 2.98. The Labute approximate surface area is 114 Å². The first-order valence-corrected chi connectivity index (χ1v) is 5.90. The monoisotopic (exact) mass is 255 g/mol. The van der Waals surface area contributed by atoms with Gasteiger partial charge in [0.1, 0.15) is 0 Å². The highest BCUT2D eigenvalue weighted by Gasteiger charge is 2.22. The minimum absolute atomic E-state index is 0.0141. The van der Waals surface area contributed by atoms with Crippen LogP contribution >= 0.6 is 0 Å². The van der Waals surface area contributed by atoms with E-state index in [1.54, 1.807) is 39.2 Å². The van der Waals surface area contributed by atoms with E-state index in [4.69, 9.17) is 9.47 Å². The molecule has 1 aliphatic carbocycles. The molecule has 0 spiro atoms. The van der Waals surface area contributed by atoms with Crippen LogP contribution in [0.5, 0.6) is 11.5 Å². The number of carbonyl (C=O) groups is 1. The topological polar surface area (TPSA) is 35.5 Å². The van der Waals surface area contributed by atoms with Gasteiger partial charge in [0.25, 0.3) is 0 Å². The summed E-state index contributed by atoms with van der Waals surface area (Å²) >= 11 is 0. The third kappa shape index (κ3) is 3.37. The third-order valence-corrected chi connectivity index (χ3v) is 2.78. The number of carbonyl (C=O) groups excluding carboxylic acids is 1. The number of ether oxygens (including phenoxy) is 2. The van der Waals surface area contributed by atoms with E-state index in [1.807, 2.05) is 31.0 Å². The quantitative estimate of drug-likeness (QED) is 0.759. The van der Waals surface area contributed by atoms with Crippen molar-refractivity contribution >= 4 is 11.9 Å². The molecule has 0 aromatic heterocycles. The second kappa shape index (κ2) is 6.41. The zero-order valence-corrected chi connectivity index (χ0v) is 10.9. The average molecular weight is 255 g/mol. The van der Waals surface area contributed by atoms with Gasteiger partial charge in [-0.3, -0.25) is 4.79 Å². The molecule has 1 aromatic rings. The SMILES string of the molecule is COc1ccc(/C=C/C(=O)[C]2[CH][CH][CH][CH]2)cc1OC. The summed E-state index contributed by atoms with van der Waals surface area (Å²) in [5, 5.41) is 0. The molecular weight excluding hydrogens is 240 g/mol. The van der Waals surface area contributed by atoms with Crippen molar-refractivity contribution in [2.45, 2.75) is 0 Å². The molecule has 0 N–H and O–H groups in total. The van der Waals surface area contributed by atoms with E-state index in [2.05, 4.69) is 0 Å². The number of benzene rings is 1. The summed E-state index contributed by atoms with van der Waals surface area (Å²) in [6.45, 7) is 0. The minimum atomic E-state index is -0.0141. The van der Waals surface area contributed by atoms with Crippen LogP contribution in [0.1, 0.15) is 5.56 Å². The molecule has 0 saturated heterocycles. The Bertz CT molecular complexity index is 471. The van der Waals surface area contributed by atoms with Crippen LogP contribution in [0, 0.1) is 31.6 Å². The number of allylic oxidation sites excluding steroid dienone is 1. The van der Waals surface area contributed by atoms with Gasteiger partial charge in [0.05, 0.1) is 20.1 Å². The minimum Gasteiger partial charge on any atom is -0.493 e. The zero-order chi connectivity index (χ0) is 13.7. The molecule has 3 nitrogen and oxygen atoms in total. The Morgan fingerprint density at radius 3 is 2.37 bits per heavy atom. The van der Waals surface area contributed by atoms with Crippen LogP contribution in [0.15, 0.2) is 24.3 Å². The second-order valence-corrected chi connectivity index (χ2v) is 3.99. The second-order valence-electron chi connectivity index (χ2n) is 3.99. The van der Waals surface area contributed by atoms with Crippen molar-refractivity contribution < 1.29 is 14.3 Å². The summed E-state index contributed by atoms with van der Waals surface area (Å²) in [6.07, 6.45) is 10.6. The van der Waals surface area contributed by atoms with Gasteiger partial charge in [-0.15, -0.1) is 0 Å². The summed E-state index contributed by atoms with van der Waals surface area (Å²) in [6, 6.07) is 5.51. The fourth-order valence-corrected chi connectivity index (χ4v) is 1.76. The van der Waals surface area contributed by atoms with Gasteiger partial charge in [-0.1, -0.05) is 12.1 Å². The number of rotatable bonds is 5. The van der Waals surface area contributed by atoms with Crippen LogP contribution in [0.4, 0.5) is 0 Å². The number of ketones is 1. The van der Waals surface area contributed by atoms with Crippen molar-refractivity contribution in [3.8, 4) is 11.5 Å². The zero-order valence-electron chi connectivity index (χ0n) is 10.9. The van der Waals surface area contributed by atoms with Gasteiger partial charge in [0, 0.05) is 0 Å². The Balaban J connectivity index is 2.07. The maximum absolute atomic E-state index is 11.8. The summed E-state index contributed by atoms with van der Waals surface area (Å²) in [4.78, 5) is 11.8. The highest BCUT2D eigenvalue weighted by molar-refractivity contribution is 6.07. The van der Waals surface area contributed by atoms with Gasteiger partial charge in [-0.25, -0.2) is 0 Å². The fourth-order valence-electron chi connectivity index (χ4n) is 1.76. The molecule has 1 aliphatic rings. The Kier molecular flexibility index (Phi) is 4.61. The molecular formula is C16H15O3. The highest BCUT2D eigenvalue weighted by atomic mass is 16.5. The van der Waals surface area contributed by atoms with Crippen molar-refractivity contribution in [2.75, 3.05) is 14.2 Å². The summed E-state index contributed by atoms with van der Waals surface area (Å²) < 4.78 is 10.4. The highest BCUT2D eigenvalue weighted by Crippen LogP contribution is 2.28. The molecule has 1 fully saturated rings. The summed E-state index contributed by atoms with van der Waals surface area (Å²) in [7, 11) is 3.17. The van der Waals surface area contributed by atoms with E-state index in [0.29, 0.717) is 17.4 Å². The largest absolute Gasteiger partial charge is 0.493 e. The van der Waals surface area contributed by atoms with Crippen molar-refractivity contribution in [1.29, 1.82) is 0 Å². The standard InChI is InChI=1S/C16H15O3/c1-18-15-10-8-12(11-16(15)19-2)7-9-14(17)13-5-3-4-6-13/h3-11H,1-2H3/b9-7+. The first-order chi connectivity index (χ1) is 9.24. The molecule has 97 valence electrons. The van der Waals surface area contributed by atoms with Gasteiger partial charge >= 0.3 is 0 Å². The normalized spacial score (nSPS) is 15.9. The van der Waals surface area contributed by atoms with E-state index >= 15 is 0 Å². The van der Waals surface area contributed by atoms with Crippen LogP contribution in [0.2, 0.25) is 0 Å².